The Labute approximate surface area is 117 Å². The first-order chi connectivity index (χ1) is 9.56. The molecule has 1 N–H and O–H groups in total. The van der Waals surface area contributed by atoms with E-state index in [1.54, 1.807) is 30.1 Å². The van der Waals surface area contributed by atoms with Gasteiger partial charge in [0.25, 0.3) is 0 Å². The van der Waals surface area contributed by atoms with Gasteiger partial charge in [-0.3, -0.25) is 0 Å². The highest BCUT2D eigenvalue weighted by Crippen LogP contribution is 2.15. The second-order valence-electron chi connectivity index (χ2n) is 4.96. The van der Waals surface area contributed by atoms with Crippen molar-refractivity contribution in [2.45, 2.75) is 33.0 Å². The van der Waals surface area contributed by atoms with Gasteiger partial charge in [-0.25, -0.2) is 4.39 Å². The molecule has 5 nitrogen and oxygen atoms in total. The van der Waals surface area contributed by atoms with Gasteiger partial charge in [0.2, 0.25) is 5.89 Å². The quantitative estimate of drug-likeness (QED) is 0.879. The van der Waals surface area contributed by atoms with Crippen molar-refractivity contribution in [2.24, 2.45) is 0 Å². The molecule has 2 rings (SSSR count). The van der Waals surface area contributed by atoms with Crippen LogP contribution in [-0.4, -0.2) is 23.3 Å². The summed E-state index contributed by atoms with van der Waals surface area (Å²) >= 11 is 0. The zero-order valence-corrected chi connectivity index (χ0v) is 11.9. The van der Waals surface area contributed by atoms with Crippen molar-refractivity contribution in [2.75, 3.05) is 11.9 Å². The Morgan fingerprint density at radius 3 is 2.75 bits per heavy atom. The van der Waals surface area contributed by atoms with Gasteiger partial charge in [0.05, 0.1) is 6.54 Å². The zero-order chi connectivity index (χ0) is 14.5. The Bertz CT molecular complexity index is 556. The molecule has 0 fully saturated rings. The Morgan fingerprint density at radius 2 is 2.05 bits per heavy atom. The van der Waals surface area contributed by atoms with Gasteiger partial charge in [-0.1, -0.05) is 37.1 Å². The molecule has 1 heterocycles. The largest absolute Gasteiger partial charge is 0.407 e. The van der Waals surface area contributed by atoms with E-state index in [9.17, 15) is 4.39 Å². The van der Waals surface area contributed by atoms with E-state index in [1.807, 2.05) is 13.8 Å². The lowest BCUT2D eigenvalue weighted by atomic mass is 10.2. The summed E-state index contributed by atoms with van der Waals surface area (Å²) in [6, 6.07) is 7.38. The number of nitrogens with one attached hydrogen (secondary N) is 1. The number of anilines is 1. The molecule has 0 spiro atoms. The predicted molar refractivity (Wildman–Crippen MR) is 74.8 cm³/mol. The molecular formula is C14H19FN4O. The highest BCUT2D eigenvalue weighted by molar-refractivity contribution is 5.27. The smallest absolute Gasteiger partial charge is 0.318 e. The van der Waals surface area contributed by atoms with Gasteiger partial charge >= 0.3 is 6.01 Å². The second-order valence-corrected chi connectivity index (χ2v) is 4.96. The Kier molecular flexibility index (Phi) is 4.68. The average Bonchev–Trinajstić information content (AvgIpc) is 2.88. The van der Waals surface area contributed by atoms with E-state index in [0.717, 1.165) is 0 Å². The summed E-state index contributed by atoms with van der Waals surface area (Å²) in [4.78, 5) is 1.73. The summed E-state index contributed by atoms with van der Waals surface area (Å²) in [5.41, 5.74) is 0.593. The molecule has 0 bridgehead atoms. The first kappa shape index (κ1) is 14.5. The van der Waals surface area contributed by atoms with E-state index in [-0.39, 0.29) is 5.82 Å². The van der Waals surface area contributed by atoms with Crippen molar-refractivity contribution < 1.29 is 8.81 Å². The lowest BCUT2D eigenvalue weighted by Gasteiger charge is -2.14. The molecule has 6 heteroatoms. The molecule has 0 aliphatic rings. The number of hydrogen-bond donors (Lipinski definition) is 1. The van der Waals surface area contributed by atoms with Crippen LogP contribution in [0.4, 0.5) is 10.4 Å². The summed E-state index contributed by atoms with van der Waals surface area (Å²) in [6.45, 7) is 4.99. The molecular weight excluding hydrogens is 259 g/mol. The third-order valence-corrected chi connectivity index (χ3v) is 2.81. The number of benzene rings is 1. The number of aromatic nitrogens is 2. The monoisotopic (exact) mass is 278 g/mol. The predicted octanol–water partition coefficient (Wildman–Crippen LogP) is 2.34. The molecule has 0 unspecified atom stereocenters. The molecule has 0 aliphatic carbocycles. The zero-order valence-electron chi connectivity index (χ0n) is 11.9. The van der Waals surface area contributed by atoms with E-state index in [2.05, 4.69) is 15.5 Å². The molecule has 1 aromatic heterocycles. The average molecular weight is 278 g/mol. The fourth-order valence-electron chi connectivity index (χ4n) is 1.71. The van der Waals surface area contributed by atoms with Crippen molar-refractivity contribution in [3.63, 3.8) is 0 Å². The van der Waals surface area contributed by atoms with E-state index in [0.29, 0.717) is 36.6 Å². The van der Waals surface area contributed by atoms with Crippen molar-refractivity contribution in [1.82, 2.24) is 15.5 Å². The number of rotatable bonds is 6. The van der Waals surface area contributed by atoms with Gasteiger partial charge < -0.3 is 14.6 Å². The summed E-state index contributed by atoms with van der Waals surface area (Å²) < 4.78 is 19.1. The SMILES string of the molecule is CC(C)NCc1nnc(N(C)Cc2ccccc2F)o1. The van der Waals surface area contributed by atoms with Crippen LogP contribution in [0.15, 0.2) is 28.7 Å². The van der Waals surface area contributed by atoms with Crippen molar-refractivity contribution in [3.05, 3.63) is 41.5 Å². The van der Waals surface area contributed by atoms with Gasteiger partial charge in [0.15, 0.2) is 0 Å². The molecule has 108 valence electrons. The third kappa shape index (κ3) is 3.77. The summed E-state index contributed by atoms with van der Waals surface area (Å²) in [7, 11) is 1.79. The minimum atomic E-state index is -0.236. The Balaban J connectivity index is 1.99. The maximum atomic E-state index is 13.6. The molecule has 0 amide bonds. The van der Waals surface area contributed by atoms with Gasteiger partial charge in [-0.2, -0.15) is 0 Å². The van der Waals surface area contributed by atoms with Crippen LogP contribution in [0.5, 0.6) is 0 Å². The lowest BCUT2D eigenvalue weighted by Crippen LogP contribution is -2.22. The fraction of sp³-hybridized carbons (Fsp3) is 0.429. The molecule has 2 aromatic rings. The topological polar surface area (TPSA) is 54.2 Å². The lowest BCUT2D eigenvalue weighted by molar-refractivity contribution is 0.448. The second kappa shape index (κ2) is 6.47. The van der Waals surface area contributed by atoms with Crippen LogP contribution in [0.3, 0.4) is 0 Å². The van der Waals surface area contributed by atoms with Crippen LogP contribution >= 0.6 is 0 Å². The minimum absolute atomic E-state index is 0.236. The third-order valence-electron chi connectivity index (χ3n) is 2.81. The van der Waals surface area contributed by atoms with Crippen LogP contribution in [0.1, 0.15) is 25.3 Å². The molecule has 0 saturated carbocycles. The molecule has 0 aliphatic heterocycles. The first-order valence-electron chi connectivity index (χ1n) is 6.56. The van der Waals surface area contributed by atoms with E-state index in [4.69, 9.17) is 4.42 Å². The van der Waals surface area contributed by atoms with E-state index >= 15 is 0 Å². The van der Waals surface area contributed by atoms with Crippen LogP contribution in [0.2, 0.25) is 0 Å². The van der Waals surface area contributed by atoms with Crippen molar-refractivity contribution in [3.8, 4) is 0 Å². The van der Waals surface area contributed by atoms with Crippen molar-refractivity contribution >= 4 is 6.01 Å². The molecule has 1 aromatic carbocycles. The van der Waals surface area contributed by atoms with Crippen LogP contribution < -0.4 is 10.2 Å². The number of hydrogen-bond acceptors (Lipinski definition) is 5. The summed E-state index contributed by atoms with van der Waals surface area (Å²) in [5, 5.41) is 11.1. The fourth-order valence-corrected chi connectivity index (χ4v) is 1.71. The van der Waals surface area contributed by atoms with Crippen molar-refractivity contribution in [1.29, 1.82) is 0 Å². The molecule has 0 radical (unpaired) electrons. The number of nitrogens with zero attached hydrogens (tertiary/aromatic N) is 3. The van der Waals surface area contributed by atoms with Crippen LogP contribution in [-0.2, 0) is 13.1 Å². The molecule has 0 saturated heterocycles. The maximum absolute atomic E-state index is 13.6. The van der Waals surface area contributed by atoms with Gasteiger partial charge in [-0.15, -0.1) is 5.10 Å². The van der Waals surface area contributed by atoms with Crippen LogP contribution in [0, 0.1) is 5.82 Å². The van der Waals surface area contributed by atoms with Gasteiger partial charge in [0.1, 0.15) is 5.82 Å². The highest BCUT2D eigenvalue weighted by atomic mass is 19.1. The van der Waals surface area contributed by atoms with E-state index < -0.39 is 0 Å². The minimum Gasteiger partial charge on any atom is -0.407 e. The normalized spacial score (nSPS) is 11.1. The highest BCUT2D eigenvalue weighted by Gasteiger charge is 2.12. The Hall–Kier alpha value is -1.95. The van der Waals surface area contributed by atoms with Crippen LogP contribution in [0.25, 0.3) is 0 Å². The summed E-state index contributed by atoms with van der Waals surface area (Å²) in [5.74, 6) is 0.287. The summed E-state index contributed by atoms with van der Waals surface area (Å²) in [6.07, 6.45) is 0. The van der Waals surface area contributed by atoms with Gasteiger partial charge in [0, 0.05) is 25.2 Å². The van der Waals surface area contributed by atoms with E-state index in [1.165, 1.54) is 6.07 Å². The Morgan fingerprint density at radius 1 is 1.30 bits per heavy atom. The molecule has 0 atom stereocenters. The number of halogens is 1. The maximum Gasteiger partial charge on any atom is 0.318 e. The van der Waals surface area contributed by atoms with Gasteiger partial charge in [-0.05, 0) is 6.07 Å². The standard InChI is InChI=1S/C14H19FN4O/c1-10(2)16-8-13-17-18-14(20-13)19(3)9-11-6-4-5-7-12(11)15/h4-7,10,16H,8-9H2,1-3H3. The molecule has 20 heavy (non-hydrogen) atoms. The first-order valence-corrected chi connectivity index (χ1v) is 6.56.